The van der Waals surface area contributed by atoms with E-state index in [-0.39, 0.29) is 11.3 Å². The van der Waals surface area contributed by atoms with Gasteiger partial charge in [-0.05, 0) is 24.5 Å². The molecule has 2 aliphatic rings. The highest BCUT2D eigenvalue weighted by Crippen LogP contribution is 2.37. The number of ether oxygens (including phenoxy) is 2. The standard InChI is InChI=1S/C16H15NO6/c18-14-13(10-11-5-4-6-12(9-11)17(20)21)15(19)23-16(22-14)7-2-1-3-8-16/h4-6,9-10H,1-3,7-8H2. The third-order valence-electron chi connectivity index (χ3n) is 4.00. The molecule has 0 aromatic heterocycles. The van der Waals surface area contributed by atoms with Gasteiger partial charge < -0.3 is 9.47 Å². The zero-order chi connectivity index (χ0) is 16.4. The highest BCUT2D eigenvalue weighted by molar-refractivity contribution is 6.18. The minimum Gasteiger partial charge on any atom is -0.419 e. The number of nitrogens with zero attached hydrogens (tertiary/aromatic N) is 1. The molecule has 1 aliphatic heterocycles. The Labute approximate surface area is 132 Å². The van der Waals surface area contributed by atoms with Crippen LogP contribution in [0, 0.1) is 10.1 Å². The van der Waals surface area contributed by atoms with Crippen LogP contribution in [0.3, 0.4) is 0 Å². The van der Waals surface area contributed by atoms with Crippen molar-refractivity contribution in [3.63, 3.8) is 0 Å². The summed E-state index contributed by atoms with van der Waals surface area (Å²) >= 11 is 0. The van der Waals surface area contributed by atoms with Crippen molar-refractivity contribution in [2.24, 2.45) is 0 Å². The van der Waals surface area contributed by atoms with E-state index in [4.69, 9.17) is 9.47 Å². The van der Waals surface area contributed by atoms with Crippen molar-refractivity contribution in [1.82, 2.24) is 0 Å². The molecule has 0 radical (unpaired) electrons. The fourth-order valence-corrected chi connectivity index (χ4v) is 2.86. The van der Waals surface area contributed by atoms with Gasteiger partial charge in [-0.3, -0.25) is 10.1 Å². The van der Waals surface area contributed by atoms with E-state index in [1.165, 1.54) is 24.3 Å². The molecule has 120 valence electrons. The summed E-state index contributed by atoms with van der Waals surface area (Å²) in [5.41, 5.74) is -0.00923. The Morgan fingerprint density at radius 2 is 1.74 bits per heavy atom. The van der Waals surface area contributed by atoms with Crippen LogP contribution in [-0.2, 0) is 19.1 Å². The number of hydrogen-bond acceptors (Lipinski definition) is 6. The molecule has 1 aliphatic carbocycles. The van der Waals surface area contributed by atoms with Gasteiger partial charge in [0.15, 0.2) is 0 Å². The van der Waals surface area contributed by atoms with Gasteiger partial charge in [0.25, 0.3) is 11.5 Å². The van der Waals surface area contributed by atoms with Crippen molar-refractivity contribution in [1.29, 1.82) is 0 Å². The number of non-ortho nitro benzene ring substituents is 1. The van der Waals surface area contributed by atoms with Gasteiger partial charge in [0.1, 0.15) is 5.57 Å². The Kier molecular flexibility index (Phi) is 3.85. The van der Waals surface area contributed by atoms with Crippen LogP contribution in [0.25, 0.3) is 6.08 Å². The number of esters is 2. The number of rotatable bonds is 2. The first kappa shape index (κ1) is 15.2. The molecule has 0 amide bonds. The van der Waals surface area contributed by atoms with Crippen molar-refractivity contribution in [2.75, 3.05) is 0 Å². The largest absolute Gasteiger partial charge is 0.419 e. The molecule has 0 unspecified atom stereocenters. The number of carbonyl (C=O) groups is 2. The maximum Gasteiger partial charge on any atom is 0.348 e. The van der Waals surface area contributed by atoms with Gasteiger partial charge in [-0.1, -0.05) is 18.6 Å². The lowest BCUT2D eigenvalue weighted by molar-refractivity contribution is -0.384. The Morgan fingerprint density at radius 1 is 1.09 bits per heavy atom. The van der Waals surface area contributed by atoms with E-state index in [2.05, 4.69) is 0 Å². The summed E-state index contributed by atoms with van der Waals surface area (Å²) in [4.78, 5) is 34.6. The molecule has 2 fully saturated rings. The van der Waals surface area contributed by atoms with Gasteiger partial charge >= 0.3 is 11.9 Å². The monoisotopic (exact) mass is 317 g/mol. The maximum absolute atomic E-state index is 12.2. The Bertz CT molecular complexity index is 680. The molecule has 3 rings (SSSR count). The second-order valence-corrected chi connectivity index (χ2v) is 5.66. The summed E-state index contributed by atoms with van der Waals surface area (Å²) in [5.74, 6) is -2.61. The van der Waals surface area contributed by atoms with Crippen molar-refractivity contribution < 1.29 is 24.0 Å². The quantitative estimate of drug-likeness (QED) is 0.273. The van der Waals surface area contributed by atoms with Crippen LogP contribution in [0.5, 0.6) is 0 Å². The summed E-state index contributed by atoms with van der Waals surface area (Å²) in [6.45, 7) is 0. The van der Waals surface area contributed by atoms with Crippen LogP contribution >= 0.6 is 0 Å². The second-order valence-electron chi connectivity index (χ2n) is 5.66. The van der Waals surface area contributed by atoms with Crippen LogP contribution < -0.4 is 0 Å². The smallest absolute Gasteiger partial charge is 0.348 e. The van der Waals surface area contributed by atoms with E-state index in [1.54, 1.807) is 6.07 Å². The maximum atomic E-state index is 12.2. The van der Waals surface area contributed by atoms with E-state index in [1.807, 2.05) is 0 Å². The van der Waals surface area contributed by atoms with Crippen LogP contribution in [0.4, 0.5) is 5.69 Å². The fraction of sp³-hybridized carbons (Fsp3) is 0.375. The minimum atomic E-state index is -1.13. The van der Waals surface area contributed by atoms with Crippen LogP contribution in [0.1, 0.15) is 37.7 Å². The Balaban J connectivity index is 1.86. The summed E-state index contributed by atoms with van der Waals surface area (Å²) in [6.07, 6.45) is 4.97. The lowest BCUT2D eigenvalue weighted by Crippen LogP contribution is -2.47. The highest BCUT2D eigenvalue weighted by Gasteiger charge is 2.46. The third kappa shape index (κ3) is 3.08. The molecule has 0 bridgehead atoms. The zero-order valence-corrected chi connectivity index (χ0v) is 12.3. The SMILES string of the molecule is O=C1OC2(CCCCC2)OC(=O)C1=Cc1cccc([N+](=O)[O-])c1. The van der Waals surface area contributed by atoms with E-state index in [9.17, 15) is 19.7 Å². The predicted molar refractivity (Wildman–Crippen MR) is 79.1 cm³/mol. The predicted octanol–water partition coefficient (Wildman–Crippen LogP) is 2.74. The number of nitro groups is 1. The average Bonchev–Trinajstić information content (AvgIpc) is 2.52. The van der Waals surface area contributed by atoms with E-state index in [0.29, 0.717) is 18.4 Å². The molecule has 7 heteroatoms. The fourth-order valence-electron chi connectivity index (χ4n) is 2.86. The van der Waals surface area contributed by atoms with E-state index in [0.717, 1.165) is 19.3 Å². The number of nitro benzene ring substituents is 1. The van der Waals surface area contributed by atoms with Gasteiger partial charge in [0, 0.05) is 25.0 Å². The molecular formula is C16H15NO6. The molecule has 23 heavy (non-hydrogen) atoms. The molecule has 1 aromatic carbocycles. The van der Waals surface area contributed by atoms with Gasteiger partial charge in [-0.15, -0.1) is 0 Å². The van der Waals surface area contributed by atoms with Crippen molar-refractivity contribution in [2.45, 2.75) is 37.9 Å². The minimum absolute atomic E-state index is 0.124. The Morgan fingerprint density at radius 3 is 2.35 bits per heavy atom. The first-order valence-corrected chi connectivity index (χ1v) is 7.42. The van der Waals surface area contributed by atoms with Gasteiger partial charge in [-0.2, -0.15) is 0 Å². The van der Waals surface area contributed by atoms with Crippen molar-refractivity contribution >= 4 is 23.7 Å². The molecule has 1 saturated carbocycles. The van der Waals surface area contributed by atoms with E-state index < -0.39 is 22.6 Å². The van der Waals surface area contributed by atoms with E-state index >= 15 is 0 Å². The molecule has 1 aromatic rings. The summed E-state index contributed by atoms with van der Waals surface area (Å²) < 4.78 is 10.7. The summed E-state index contributed by atoms with van der Waals surface area (Å²) in [6, 6.07) is 5.65. The molecule has 0 N–H and O–H groups in total. The van der Waals surface area contributed by atoms with Crippen LogP contribution in [-0.4, -0.2) is 22.6 Å². The Hall–Kier alpha value is -2.70. The highest BCUT2D eigenvalue weighted by atomic mass is 16.7. The lowest BCUT2D eigenvalue weighted by atomic mass is 9.93. The summed E-state index contributed by atoms with van der Waals surface area (Å²) in [5, 5.41) is 10.8. The molecular weight excluding hydrogens is 302 g/mol. The molecule has 1 spiro atoms. The number of hydrogen-bond donors (Lipinski definition) is 0. The van der Waals surface area contributed by atoms with Gasteiger partial charge in [0.05, 0.1) is 4.92 Å². The summed E-state index contributed by atoms with van der Waals surface area (Å²) in [7, 11) is 0. The van der Waals surface area contributed by atoms with Gasteiger partial charge in [0.2, 0.25) is 0 Å². The average molecular weight is 317 g/mol. The third-order valence-corrected chi connectivity index (χ3v) is 4.00. The molecule has 7 nitrogen and oxygen atoms in total. The topological polar surface area (TPSA) is 95.7 Å². The lowest BCUT2D eigenvalue weighted by Gasteiger charge is -2.38. The van der Waals surface area contributed by atoms with Crippen molar-refractivity contribution in [3.8, 4) is 0 Å². The zero-order valence-electron chi connectivity index (χ0n) is 12.3. The normalized spacial score (nSPS) is 19.9. The number of carbonyl (C=O) groups excluding carboxylic acids is 2. The van der Waals surface area contributed by atoms with Crippen molar-refractivity contribution in [3.05, 3.63) is 45.5 Å². The second kappa shape index (κ2) is 5.83. The van der Waals surface area contributed by atoms with Crippen LogP contribution in [0.2, 0.25) is 0 Å². The van der Waals surface area contributed by atoms with Gasteiger partial charge in [-0.25, -0.2) is 9.59 Å². The number of benzene rings is 1. The molecule has 0 atom stereocenters. The first-order valence-electron chi connectivity index (χ1n) is 7.42. The molecule has 1 heterocycles. The first-order chi connectivity index (χ1) is 11.0. The van der Waals surface area contributed by atoms with Crippen LogP contribution in [0.15, 0.2) is 29.8 Å². The molecule has 1 saturated heterocycles.